The molecule has 3 rings (SSSR count). The Balaban J connectivity index is 1.45. The van der Waals surface area contributed by atoms with Gasteiger partial charge in [-0.1, -0.05) is 0 Å². The lowest BCUT2D eigenvalue weighted by atomic mass is 10.1. The Morgan fingerprint density at radius 1 is 1.42 bits per heavy atom. The van der Waals surface area contributed by atoms with Crippen molar-refractivity contribution in [2.24, 2.45) is 7.05 Å². The van der Waals surface area contributed by atoms with E-state index in [4.69, 9.17) is 0 Å². The molecule has 1 aliphatic rings. The largest absolute Gasteiger partial charge is 0.313 e. The summed E-state index contributed by atoms with van der Waals surface area (Å²) in [7, 11) is 1.91. The summed E-state index contributed by atoms with van der Waals surface area (Å²) in [6.07, 6.45) is 8.54. The van der Waals surface area contributed by atoms with E-state index in [1.807, 2.05) is 36.4 Å². The van der Waals surface area contributed by atoms with Crippen molar-refractivity contribution in [3.63, 3.8) is 0 Å². The molecule has 6 nitrogen and oxygen atoms in total. The van der Waals surface area contributed by atoms with Crippen molar-refractivity contribution in [2.75, 3.05) is 13.1 Å². The molecule has 1 N–H and O–H groups in total. The van der Waals surface area contributed by atoms with Crippen molar-refractivity contribution in [3.05, 3.63) is 36.4 Å². The standard InChI is InChI=1S/C17H27FN6/c1-14(4-7-24-6-3-5-20-24)19-10-17-8-16(18)13-23(17)12-15-9-21-22(2)11-15/h3,5-6,9,11,14,16-17,19H,4,7-8,10,12-13H2,1-2H3/t14-,16-,17-/m0/s1. The van der Waals surface area contributed by atoms with Crippen LogP contribution in [0.3, 0.4) is 0 Å². The van der Waals surface area contributed by atoms with E-state index >= 15 is 0 Å². The Bertz CT molecular complexity index is 610. The van der Waals surface area contributed by atoms with Crippen LogP contribution in [0.4, 0.5) is 4.39 Å². The Kier molecular flexibility index (Phi) is 5.63. The fraction of sp³-hybridized carbons (Fsp3) is 0.647. The predicted octanol–water partition coefficient (Wildman–Crippen LogP) is 1.60. The summed E-state index contributed by atoms with van der Waals surface area (Å²) in [5.41, 5.74) is 1.14. The van der Waals surface area contributed by atoms with E-state index in [9.17, 15) is 4.39 Å². The first-order chi connectivity index (χ1) is 11.6. The number of hydrogen-bond acceptors (Lipinski definition) is 4. The number of likely N-dealkylation sites (tertiary alicyclic amines) is 1. The Hall–Kier alpha value is -1.73. The van der Waals surface area contributed by atoms with Crippen molar-refractivity contribution in [3.8, 4) is 0 Å². The zero-order valence-corrected chi connectivity index (χ0v) is 14.5. The lowest BCUT2D eigenvalue weighted by Crippen LogP contribution is -2.40. The highest BCUT2D eigenvalue weighted by molar-refractivity contribution is 5.05. The molecule has 0 unspecified atom stereocenters. The van der Waals surface area contributed by atoms with Gasteiger partial charge in [-0.25, -0.2) is 4.39 Å². The molecule has 24 heavy (non-hydrogen) atoms. The second kappa shape index (κ2) is 7.90. The predicted molar refractivity (Wildman–Crippen MR) is 91.2 cm³/mol. The van der Waals surface area contributed by atoms with Crippen LogP contribution in [0.1, 0.15) is 25.3 Å². The summed E-state index contributed by atoms with van der Waals surface area (Å²) in [5, 5.41) is 12.0. The average Bonchev–Trinajstić information content (AvgIpc) is 3.26. The minimum atomic E-state index is -0.729. The third kappa shape index (κ3) is 4.64. The highest BCUT2D eigenvalue weighted by atomic mass is 19.1. The fourth-order valence-electron chi connectivity index (χ4n) is 3.31. The van der Waals surface area contributed by atoms with Crippen molar-refractivity contribution in [1.29, 1.82) is 0 Å². The number of aromatic nitrogens is 4. The maximum atomic E-state index is 13.9. The van der Waals surface area contributed by atoms with Gasteiger partial charge in [0, 0.05) is 69.5 Å². The summed E-state index contributed by atoms with van der Waals surface area (Å²) in [5.74, 6) is 0. The highest BCUT2D eigenvalue weighted by Gasteiger charge is 2.32. The highest BCUT2D eigenvalue weighted by Crippen LogP contribution is 2.22. The maximum absolute atomic E-state index is 13.9. The van der Waals surface area contributed by atoms with E-state index < -0.39 is 6.17 Å². The lowest BCUT2D eigenvalue weighted by molar-refractivity contribution is 0.225. The molecule has 0 aromatic carbocycles. The van der Waals surface area contributed by atoms with Gasteiger partial charge < -0.3 is 5.32 Å². The molecule has 1 fully saturated rings. The van der Waals surface area contributed by atoms with Gasteiger partial charge >= 0.3 is 0 Å². The molecule has 3 atom stereocenters. The molecule has 1 saturated heterocycles. The van der Waals surface area contributed by atoms with Crippen molar-refractivity contribution in [2.45, 2.75) is 51.1 Å². The van der Waals surface area contributed by atoms with E-state index in [0.717, 1.165) is 31.6 Å². The molecule has 3 heterocycles. The second-order valence-electron chi connectivity index (χ2n) is 6.81. The number of aryl methyl sites for hydroxylation is 2. The monoisotopic (exact) mass is 334 g/mol. The molecule has 0 amide bonds. The number of alkyl halides is 1. The first-order valence-electron chi connectivity index (χ1n) is 8.66. The van der Waals surface area contributed by atoms with E-state index in [1.54, 1.807) is 10.9 Å². The number of nitrogens with one attached hydrogen (secondary N) is 1. The molecule has 7 heteroatoms. The normalized spacial score (nSPS) is 23.0. The molecule has 0 saturated carbocycles. The number of nitrogens with zero attached hydrogens (tertiary/aromatic N) is 5. The molecule has 2 aromatic rings. The number of hydrogen-bond donors (Lipinski definition) is 1. The van der Waals surface area contributed by atoms with E-state index in [1.165, 1.54) is 0 Å². The van der Waals surface area contributed by atoms with Crippen molar-refractivity contribution < 1.29 is 4.39 Å². The Morgan fingerprint density at radius 2 is 2.29 bits per heavy atom. The molecule has 0 spiro atoms. The van der Waals surface area contributed by atoms with Crippen LogP contribution in [0.2, 0.25) is 0 Å². The molecule has 0 bridgehead atoms. The van der Waals surface area contributed by atoms with Gasteiger partial charge in [0.15, 0.2) is 0 Å². The van der Waals surface area contributed by atoms with Gasteiger partial charge in [-0.05, 0) is 25.8 Å². The van der Waals surface area contributed by atoms with Gasteiger partial charge in [0.1, 0.15) is 6.17 Å². The average molecular weight is 334 g/mol. The first-order valence-corrected chi connectivity index (χ1v) is 8.66. The Morgan fingerprint density at radius 3 is 3.00 bits per heavy atom. The molecule has 0 aliphatic carbocycles. The fourth-order valence-corrected chi connectivity index (χ4v) is 3.31. The van der Waals surface area contributed by atoms with Gasteiger partial charge in [-0.2, -0.15) is 10.2 Å². The molecular weight excluding hydrogens is 307 g/mol. The van der Waals surface area contributed by atoms with Gasteiger partial charge in [-0.3, -0.25) is 14.3 Å². The maximum Gasteiger partial charge on any atom is 0.114 e. The van der Waals surface area contributed by atoms with Gasteiger partial charge in [-0.15, -0.1) is 0 Å². The Labute approximate surface area is 142 Å². The summed E-state index contributed by atoms with van der Waals surface area (Å²) in [6, 6.07) is 2.56. The van der Waals surface area contributed by atoms with Gasteiger partial charge in [0.05, 0.1) is 6.20 Å². The molecular formula is C17H27FN6. The molecule has 132 valence electrons. The third-order valence-electron chi connectivity index (χ3n) is 4.67. The topological polar surface area (TPSA) is 50.9 Å². The van der Waals surface area contributed by atoms with Crippen LogP contribution in [0.5, 0.6) is 0 Å². The zero-order chi connectivity index (χ0) is 16.9. The smallest absolute Gasteiger partial charge is 0.114 e. The van der Waals surface area contributed by atoms with Crippen LogP contribution < -0.4 is 5.32 Å². The van der Waals surface area contributed by atoms with Gasteiger partial charge in [0.2, 0.25) is 0 Å². The summed E-state index contributed by atoms with van der Waals surface area (Å²) in [6.45, 7) is 5.18. The van der Waals surface area contributed by atoms with Crippen LogP contribution >= 0.6 is 0 Å². The lowest BCUT2D eigenvalue weighted by Gasteiger charge is -2.25. The molecule has 1 aliphatic heterocycles. The van der Waals surface area contributed by atoms with Crippen LogP contribution in [0.15, 0.2) is 30.9 Å². The quantitative estimate of drug-likeness (QED) is 0.797. The number of halogens is 1. The van der Waals surface area contributed by atoms with E-state index in [0.29, 0.717) is 19.0 Å². The SMILES string of the molecule is C[C@@H](CCn1cccn1)NC[C@@H]1C[C@H](F)CN1Cc1cnn(C)c1. The van der Waals surface area contributed by atoms with Crippen LogP contribution in [-0.4, -0.2) is 55.8 Å². The van der Waals surface area contributed by atoms with Crippen LogP contribution in [0.25, 0.3) is 0 Å². The molecule has 0 radical (unpaired) electrons. The number of rotatable bonds is 8. The van der Waals surface area contributed by atoms with E-state index in [2.05, 4.69) is 27.3 Å². The van der Waals surface area contributed by atoms with Crippen molar-refractivity contribution >= 4 is 0 Å². The summed E-state index contributed by atoms with van der Waals surface area (Å²) in [4.78, 5) is 2.23. The van der Waals surface area contributed by atoms with Crippen LogP contribution in [0, 0.1) is 0 Å². The minimum Gasteiger partial charge on any atom is -0.313 e. The first kappa shape index (κ1) is 17.1. The zero-order valence-electron chi connectivity index (χ0n) is 14.5. The van der Waals surface area contributed by atoms with E-state index in [-0.39, 0.29) is 6.04 Å². The third-order valence-corrected chi connectivity index (χ3v) is 4.67. The van der Waals surface area contributed by atoms with Crippen LogP contribution in [-0.2, 0) is 20.1 Å². The minimum absolute atomic E-state index is 0.243. The second-order valence-corrected chi connectivity index (χ2v) is 6.81. The summed E-state index contributed by atoms with van der Waals surface area (Å²) < 4.78 is 17.6. The van der Waals surface area contributed by atoms with Gasteiger partial charge in [0.25, 0.3) is 0 Å². The summed E-state index contributed by atoms with van der Waals surface area (Å²) >= 11 is 0. The van der Waals surface area contributed by atoms with Crippen molar-refractivity contribution in [1.82, 2.24) is 29.8 Å². The molecule has 2 aromatic heterocycles.